The first-order chi connectivity index (χ1) is 10.9. The second-order valence-corrected chi connectivity index (χ2v) is 10.6. The van der Waals surface area contributed by atoms with Crippen molar-refractivity contribution in [3.63, 3.8) is 0 Å². The molecular weight excluding hydrogens is 304 g/mol. The van der Waals surface area contributed by atoms with E-state index >= 15 is 0 Å². The van der Waals surface area contributed by atoms with E-state index < -0.39 is 8.32 Å². The monoisotopic (exact) mass is 326 g/mol. The smallest absolute Gasteiger partial charge is 0.242 e. The first-order valence-electron chi connectivity index (χ1n) is 7.57. The Labute approximate surface area is 138 Å². The van der Waals surface area contributed by atoms with Crippen LogP contribution in [0, 0.1) is 0 Å². The summed E-state index contributed by atoms with van der Waals surface area (Å²) in [5.74, 6) is 1.21. The second kappa shape index (κ2) is 7.29. The zero-order valence-corrected chi connectivity index (χ0v) is 14.8. The molecule has 2 aromatic rings. The normalized spacial score (nSPS) is 10.9. The van der Waals surface area contributed by atoms with E-state index in [1.807, 2.05) is 30.3 Å². The predicted octanol–water partition coefficient (Wildman–Crippen LogP) is 4.70. The van der Waals surface area contributed by atoms with Gasteiger partial charge < -0.3 is 9.16 Å². The minimum Gasteiger partial charge on any atom is -0.544 e. The fourth-order valence-electron chi connectivity index (χ4n) is 2.09. The van der Waals surface area contributed by atoms with E-state index in [9.17, 15) is 4.79 Å². The molecule has 0 fully saturated rings. The molecule has 0 radical (unpaired) electrons. The molecule has 0 saturated carbocycles. The molecule has 0 unspecified atom stereocenters. The van der Waals surface area contributed by atoms with Gasteiger partial charge in [-0.15, -0.1) is 0 Å². The van der Waals surface area contributed by atoms with E-state index in [4.69, 9.17) is 9.16 Å². The molecule has 0 spiro atoms. The Morgan fingerprint density at radius 1 is 1.13 bits per heavy atom. The summed E-state index contributed by atoms with van der Waals surface area (Å²) in [6.45, 7) is 10.3. The highest BCUT2D eigenvalue weighted by Gasteiger charge is 2.22. The van der Waals surface area contributed by atoms with Crippen molar-refractivity contribution in [3.05, 3.63) is 72.3 Å². The minimum absolute atomic E-state index is 0.0471. The Kier molecular flexibility index (Phi) is 5.39. The van der Waals surface area contributed by atoms with Gasteiger partial charge in [0.1, 0.15) is 18.1 Å². The molecule has 4 heteroatoms. The summed E-state index contributed by atoms with van der Waals surface area (Å²) < 4.78 is 11.7. The highest BCUT2D eigenvalue weighted by Crippen LogP contribution is 2.29. The quantitative estimate of drug-likeness (QED) is 0.420. The van der Waals surface area contributed by atoms with Crippen LogP contribution in [0.15, 0.2) is 61.2 Å². The SMILES string of the molecule is C=CCOc1ccc(C(=O)c2ccccc2)c(O[Si](C)(C)C)c1. The van der Waals surface area contributed by atoms with Crippen LogP contribution in [0.5, 0.6) is 11.5 Å². The van der Waals surface area contributed by atoms with Gasteiger partial charge in [-0.1, -0.05) is 43.0 Å². The summed E-state index contributed by atoms with van der Waals surface area (Å²) in [5.41, 5.74) is 1.21. The highest BCUT2D eigenvalue weighted by molar-refractivity contribution is 6.70. The molecule has 0 aliphatic rings. The van der Waals surface area contributed by atoms with E-state index in [0.717, 1.165) is 0 Å². The topological polar surface area (TPSA) is 35.5 Å². The molecular formula is C19H22O3Si. The number of benzene rings is 2. The molecule has 0 aromatic heterocycles. The van der Waals surface area contributed by atoms with E-state index in [2.05, 4.69) is 26.2 Å². The predicted molar refractivity (Wildman–Crippen MR) is 96.0 cm³/mol. The van der Waals surface area contributed by atoms with Crippen molar-refractivity contribution in [2.45, 2.75) is 19.6 Å². The Balaban J connectivity index is 2.40. The molecule has 2 aromatic carbocycles. The van der Waals surface area contributed by atoms with Crippen LogP contribution in [0.1, 0.15) is 15.9 Å². The van der Waals surface area contributed by atoms with Gasteiger partial charge in [0.05, 0.1) is 5.56 Å². The molecule has 2 rings (SSSR count). The molecule has 0 saturated heterocycles. The van der Waals surface area contributed by atoms with Gasteiger partial charge >= 0.3 is 0 Å². The summed E-state index contributed by atoms with van der Waals surface area (Å²) in [6, 6.07) is 14.6. The maximum absolute atomic E-state index is 12.8. The van der Waals surface area contributed by atoms with Gasteiger partial charge in [0, 0.05) is 11.6 Å². The van der Waals surface area contributed by atoms with Crippen LogP contribution < -0.4 is 9.16 Å². The van der Waals surface area contributed by atoms with Gasteiger partial charge in [-0.2, -0.15) is 0 Å². The number of hydrogen-bond acceptors (Lipinski definition) is 3. The maximum Gasteiger partial charge on any atom is 0.242 e. The zero-order chi connectivity index (χ0) is 16.9. The van der Waals surface area contributed by atoms with Gasteiger partial charge in [-0.25, -0.2) is 0 Å². The van der Waals surface area contributed by atoms with Crippen LogP contribution in [0.25, 0.3) is 0 Å². The Morgan fingerprint density at radius 2 is 1.83 bits per heavy atom. The third-order valence-corrected chi connectivity index (χ3v) is 3.85. The lowest BCUT2D eigenvalue weighted by Gasteiger charge is -2.22. The van der Waals surface area contributed by atoms with Crippen LogP contribution in [-0.4, -0.2) is 20.7 Å². The standard InChI is InChI=1S/C19H22O3Si/c1-5-13-21-16-11-12-17(18(14-16)22-23(2,3)4)19(20)15-9-7-6-8-10-15/h5-12,14H,1,13H2,2-4H3. The summed E-state index contributed by atoms with van der Waals surface area (Å²) in [7, 11) is -1.86. The molecule has 120 valence electrons. The van der Waals surface area contributed by atoms with Crippen molar-refractivity contribution in [2.75, 3.05) is 6.61 Å². The number of carbonyl (C=O) groups excluding carboxylic acids is 1. The van der Waals surface area contributed by atoms with Crippen molar-refractivity contribution in [1.82, 2.24) is 0 Å². The first kappa shape index (κ1) is 17.0. The maximum atomic E-state index is 12.8. The minimum atomic E-state index is -1.86. The van der Waals surface area contributed by atoms with Crippen molar-refractivity contribution < 1.29 is 14.0 Å². The van der Waals surface area contributed by atoms with E-state index in [1.165, 1.54) is 0 Å². The Morgan fingerprint density at radius 3 is 2.43 bits per heavy atom. The highest BCUT2D eigenvalue weighted by atomic mass is 28.4. The van der Waals surface area contributed by atoms with Crippen molar-refractivity contribution in [1.29, 1.82) is 0 Å². The van der Waals surface area contributed by atoms with Crippen LogP contribution in [-0.2, 0) is 0 Å². The van der Waals surface area contributed by atoms with Crippen LogP contribution in [0.2, 0.25) is 19.6 Å². The van der Waals surface area contributed by atoms with E-state index in [-0.39, 0.29) is 5.78 Å². The summed E-state index contributed by atoms with van der Waals surface area (Å²) >= 11 is 0. The summed E-state index contributed by atoms with van der Waals surface area (Å²) in [6.07, 6.45) is 1.68. The molecule has 0 heterocycles. The van der Waals surface area contributed by atoms with E-state index in [1.54, 1.807) is 24.3 Å². The molecule has 0 aliphatic heterocycles. The van der Waals surface area contributed by atoms with Crippen molar-refractivity contribution >= 4 is 14.1 Å². The third kappa shape index (κ3) is 4.83. The molecule has 0 amide bonds. The lowest BCUT2D eigenvalue weighted by molar-refractivity contribution is 0.103. The fourth-order valence-corrected chi connectivity index (χ4v) is 2.92. The number of ketones is 1. The molecule has 0 atom stereocenters. The lowest BCUT2D eigenvalue weighted by atomic mass is 10.0. The summed E-state index contributed by atoms with van der Waals surface area (Å²) in [4.78, 5) is 12.8. The average Bonchev–Trinajstić information content (AvgIpc) is 2.52. The molecule has 23 heavy (non-hydrogen) atoms. The average molecular weight is 326 g/mol. The fraction of sp³-hybridized carbons (Fsp3) is 0.211. The first-order valence-corrected chi connectivity index (χ1v) is 11.0. The van der Waals surface area contributed by atoms with Gasteiger partial charge in [0.15, 0.2) is 5.78 Å². The lowest BCUT2D eigenvalue weighted by Crippen LogP contribution is -2.30. The van der Waals surface area contributed by atoms with E-state index in [0.29, 0.717) is 29.2 Å². The number of carbonyl (C=O) groups is 1. The Hall–Kier alpha value is -2.33. The van der Waals surface area contributed by atoms with Gasteiger partial charge in [-0.3, -0.25) is 4.79 Å². The van der Waals surface area contributed by atoms with Crippen molar-refractivity contribution in [3.8, 4) is 11.5 Å². The van der Waals surface area contributed by atoms with Crippen LogP contribution in [0.3, 0.4) is 0 Å². The largest absolute Gasteiger partial charge is 0.544 e. The van der Waals surface area contributed by atoms with Crippen LogP contribution >= 0.6 is 0 Å². The number of ether oxygens (including phenoxy) is 1. The second-order valence-electron chi connectivity index (χ2n) is 6.17. The third-order valence-electron chi connectivity index (χ3n) is 3.02. The van der Waals surface area contributed by atoms with Crippen LogP contribution in [0.4, 0.5) is 0 Å². The zero-order valence-electron chi connectivity index (χ0n) is 13.8. The van der Waals surface area contributed by atoms with Gasteiger partial charge in [0.25, 0.3) is 0 Å². The Bertz CT molecular complexity index is 688. The van der Waals surface area contributed by atoms with Gasteiger partial charge in [0.2, 0.25) is 8.32 Å². The number of rotatable bonds is 7. The molecule has 3 nitrogen and oxygen atoms in total. The van der Waals surface area contributed by atoms with Gasteiger partial charge in [-0.05, 0) is 31.8 Å². The summed E-state index contributed by atoms with van der Waals surface area (Å²) in [5, 5.41) is 0. The molecule has 0 N–H and O–H groups in total. The number of hydrogen-bond donors (Lipinski definition) is 0. The van der Waals surface area contributed by atoms with Crippen molar-refractivity contribution in [2.24, 2.45) is 0 Å². The molecule has 0 aliphatic carbocycles. The molecule has 0 bridgehead atoms.